The maximum Gasteiger partial charge on any atom is 0.252 e. The van der Waals surface area contributed by atoms with E-state index in [4.69, 9.17) is 13.9 Å². The molecule has 0 fully saturated rings. The van der Waals surface area contributed by atoms with E-state index in [1.165, 1.54) is 0 Å². The Morgan fingerprint density at radius 3 is 2.59 bits per heavy atom. The molecule has 0 aliphatic carbocycles. The number of amides is 1. The number of methoxy groups -OCH3 is 2. The lowest BCUT2D eigenvalue weighted by atomic mass is 10.1. The van der Waals surface area contributed by atoms with E-state index in [-0.39, 0.29) is 11.9 Å². The summed E-state index contributed by atoms with van der Waals surface area (Å²) < 4.78 is 16.2. The molecule has 27 heavy (non-hydrogen) atoms. The minimum Gasteiger partial charge on any atom is -0.497 e. The third kappa shape index (κ3) is 4.35. The van der Waals surface area contributed by atoms with Gasteiger partial charge >= 0.3 is 0 Å². The topological polar surface area (TPSA) is 73.6 Å². The van der Waals surface area contributed by atoms with Gasteiger partial charge in [0.1, 0.15) is 5.75 Å². The van der Waals surface area contributed by atoms with Gasteiger partial charge in [0, 0.05) is 24.3 Å². The van der Waals surface area contributed by atoms with Crippen molar-refractivity contribution in [2.45, 2.75) is 13.0 Å². The number of rotatable bonds is 7. The van der Waals surface area contributed by atoms with Crippen molar-refractivity contribution in [2.75, 3.05) is 20.8 Å². The number of nitrogens with zero attached hydrogens (tertiary/aromatic N) is 1. The number of carbonyl (C=O) groups is 1. The molecule has 1 unspecified atom stereocenters. The summed E-state index contributed by atoms with van der Waals surface area (Å²) in [7, 11) is 3.22. The fourth-order valence-corrected chi connectivity index (χ4v) is 2.75. The summed E-state index contributed by atoms with van der Waals surface area (Å²) in [6.45, 7) is 2.32. The van der Waals surface area contributed by atoms with Crippen molar-refractivity contribution in [3.63, 3.8) is 0 Å². The van der Waals surface area contributed by atoms with Crippen LogP contribution in [0, 0.1) is 0 Å². The zero-order chi connectivity index (χ0) is 19.2. The van der Waals surface area contributed by atoms with Crippen molar-refractivity contribution >= 4 is 5.91 Å². The van der Waals surface area contributed by atoms with Gasteiger partial charge in [-0.2, -0.15) is 0 Å². The van der Waals surface area contributed by atoms with Gasteiger partial charge in [0.05, 0.1) is 25.5 Å². The molecule has 0 spiro atoms. The lowest BCUT2D eigenvalue weighted by molar-refractivity contribution is 0.0906. The Bertz CT molecular complexity index is 903. The predicted molar refractivity (Wildman–Crippen MR) is 103 cm³/mol. The molecule has 1 N–H and O–H groups in total. The van der Waals surface area contributed by atoms with Crippen LogP contribution in [0.2, 0.25) is 0 Å². The van der Waals surface area contributed by atoms with Crippen LogP contribution in [-0.2, 0) is 4.74 Å². The smallest absolute Gasteiger partial charge is 0.252 e. The normalized spacial score (nSPS) is 11.8. The number of carbonyl (C=O) groups excluding carboxylic acids is 1. The molecule has 1 heterocycles. The summed E-state index contributed by atoms with van der Waals surface area (Å²) >= 11 is 0. The maximum atomic E-state index is 12.6. The maximum absolute atomic E-state index is 12.6. The van der Waals surface area contributed by atoms with Crippen LogP contribution >= 0.6 is 0 Å². The van der Waals surface area contributed by atoms with E-state index >= 15 is 0 Å². The number of benzene rings is 2. The van der Waals surface area contributed by atoms with Crippen molar-refractivity contribution in [1.29, 1.82) is 0 Å². The number of hydrogen-bond donors (Lipinski definition) is 1. The molecule has 1 amide bonds. The standard InChI is InChI=1S/C21H22N2O4/c1-14(13-25-2)23-20(24)17-6-4-5-7-18(17)21-22-12-19(27-21)15-8-10-16(26-3)11-9-15/h4-12,14H,13H2,1-3H3,(H,23,24). The Morgan fingerprint density at radius 1 is 1.15 bits per heavy atom. The molecule has 0 aliphatic rings. The first-order valence-corrected chi connectivity index (χ1v) is 8.62. The number of ether oxygens (including phenoxy) is 2. The molecule has 2 aromatic carbocycles. The zero-order valence-electron chi connectivity index (χ0n) is 15.6. The highest BCUT2D eigenvalue weighted by Crippen LogP contribution is 2.29. The number of oxazole rings is 1. The van der Waals surface area contributed by atoms with Gasteiger partial charge in [-0.1, -0.05) is 12.1 Å². The molecule has 1 atom stereocenters. The first kappa shape index (κ1) is 18.7. The third-order valence-corrected chi connectivity index (χ3v) is 4.08. The van der Waals surface area contributed by atoms with E-state index in [0.29, 0.717) is 29.4 Å². The van der Waals surface area contributed by atoms with Crippen molar-refractivity contribution in [2.24, 2.45) is 0 Å². The predicted octanol–water partition coefficient (Wildman–Crippen LogP) is 3.78. The van der Waals surface area contributed by atoms with Gasteiger partial charge in [-0.15, -0.1) is 0 Å². The van der Waals surface area contributed by atoms with Gasteiger partial charge in [-0.05, 0) is 43.3 Å². The molecule has 0 radical (unpaired) electrons. The minimum atomic E-state index is -0.195. The minimum absolute atomic E-state index is 0.102. The summed E-state index contributed by atoms with van der Waals surface area (Å²) in [5.41, 5.74) is 2.02. The summed E-state index contributed by atoms with van der Waals surface area (Å²) in [5.74, 6) is 1.59. The molecule has 3 aromatic rings. The second kappa shape index (κ2) is 8.51. The number of nitrogens with one attached hydrogen (secondary N) is 1. The van der Waals surface area contributed by atoms with E-state index in [9.17, 15) is 4.79 Å². The highest BCUT2D eigenvalue weighted by Gasteiger charge is 2.18. The Hall–Kier alpha value is -3.12. The van der Waals surface area contributed by atoms with E-state index in [2.05, 4.69) is 10.3 Å². The van der Waals surface area contributed by atoms with E-state index in [0.717, 1.165) is 11.3 Å². The fourth-order valence-electron chi connectivity index (χ4n) is 2.75. The molecule has 6 heteroatoms. The summed E-state index contributed by atoms with van der Waals surface area (Å²) in [5, 5.41) is 2.91. The van der Waals surface area contributed by atoms with Crippen molar-refractivity contribution < 1.29 is 18.7 Å². The first-order chi connectivity index (χ1) is 13.1. The SMILES string of the molecule is COCC(C)NC(=O)c1ccccc1-c1ncc(-c2ccc(OC)cc2)o1. The lowest BCUT2D eigenvalue weighted by Gasteiger charge is -2.14. The molecule has 0 bridgehead atoms. The molecule has 0 aliphatic heterocycles. The highest BCUT2D eigenvalue weighted by atomic mass is 16.5. The van der Waals surface area contributed by atoms with E-state index in [1.807, 2.05) is 49.4 Å². The first-order valence-electron chi connectivity index (χ1n) is 8.62. The van der Waals surface area contributed by atoms with Crippen molar-refractivity contribution in [1.82, 2.24) is 10.3 Å². The summed E-state index contributed by atoms with van der Waals surface area (Å²) in [4.78, 5) is 17.0. The van der Waals surface area contributed by atoms with Crippen LogP contribution in [0.4, 0.5) is 0 Å². The van der Waals surface area contributed by atoms with Crippen LogP contribution in [0.3, 0.4) is 0 Å². The number of aromatic nitrogens is 1. The summed E-state index contributed by atoms with van der Waals surface area (Å²) in [6.07, 6.45) is 1.65. The van der Waals surface area contributed by atoms with Crippen LogP contribution in [0.1, 0.15) is 17.3 Å². The molecule has 0 saturated heterocycles. The van der Waals surface area contributed by atoms with Crippen LogP contribution in [-0.4, -0.2) is 37.8 Å². The molecular weight excluding hydrogens is 344 g/mol. The van der Waals surface area contributed by atoms with Crippen molar-refractivity contribution in [3.05, 3.63) is 60.3 Å². The molecule has 140 valence electrons. The Balaban J connectivity index is 1.87. The molecule has 0 saturated carbocycles. The number of hydrogen-bond acceptors (Lipinski definition) is 5. The Morgan fingerprint density at radius 2 is 1.89 bits per heavy atom. The summed E-state index contributed by atoms with van der Waals surface area (Å²) in [6, 6.07) is 14.6. The van der Waals surface area contributed by atoms with Crippen molar-refractivity contribution in [3.8, 4) is 28.5 Å². The largest absolute Gasteiger partial charge is 0.497 e. The second-order valence-corrected chi connectivity index (χ2v) is 6.13. The monoisotopic (exact) mass is 366 g/mol. The van der Waals surface area contributed by atoms with Crippen LogP contribution in [0.25, 0.3) is 22.8 Å². The average molecular weight is 366 g/mol. The fraction of sp³-hybridized carbons (Fsp3) is 0.238. The van der Waals surface area contributed by atoms with Gasteiger partial charge in [0.15, 0.2) is 5.76 Å². The quantitative estimate of drug-likeness (QED) is 0.689. The second-order valence-electron chi connectivity index (χ2n) is 6.13. The van der Waals surface area contributed by atoms with Gasteiger partial charge in [0.2, 0.25) is 5.89 Å². The van der Waals surface area contributed by atoms with E-state index in [1.54, 1.807) is 26.5 Å². The van der Waals surface area contributed by atoms with E-state index < -0.39 is 0 Å². The van der Waals surface area contributed by atoms with Gasteiger partial charge < -0.3 is 19.2 Å². The Kier molecular flexibility index (Phi) is 5.88. The van der Waals surface area contributed by atoms with Gasteiger partial charge in [0.25, 0.3) is 5.91 Å². The molecule has 6 nitrogen and oxygen atoms in total. The van der Waals surface area contributed by atoms with Gasteiger partial charge in [-0.3, -0.25) is 4.79 Å². The van der Waals surface area contributed by atoms with Crippen LogP contribution in [0.5, 0.6) is 5.75 Å². The highest BCUT2D eigenvalue weighted by molar-refractivity contribution is 6.00. The lowest BCUT2D eigenvalue weighted by Crippen LogP contribution is -2.35. The molecular formula is C21H22N2O4. The molecule has 1 aromatic heterocycles. The molecule has 3 rings (SSSR count). The average Bonchev–Trinajstić information content (AvgIpc) is 3.18. The van der Waals surface area contributed by atoms with Crippen LogP contribution < -0.4 is 10.1 Å². The zero-order valence-corrected chi connectivity index (χ0v) is 15.6. The Labute approximate surface area is 158 Å². The van der Waals surface area contributed by atoms with Gasteiger partial charge in [-0.25, -0.2) is 4.98 Å². The van der Waals surface area contributed by atoms with Crippen LogP contribution in [0.15, 0.2) is 59.1 Å². The third-order valence-electron chi connectivity index (χ3n) is 4.08.